The fourth-order valence-electron chi connectivity index (χ4n) is 1.48. The summed E-state index contributed by atoms with van der Waals surface area (Å²) < 4.78 is 0. The van der Waals surface area contributed by atoms with Crippen LogP contribution in [0.2, 0.25) is 0 Å². The van der Waals surface area contributed by atoms with Crippen molar-refractivity contribution in [3.63, 3.8) is 0 Å². The summed E-state index contributed by atoms with van der Waals surface area (Å²) >= 11 is 1.92. The fourth-order valence-corrected chi connectivity index (χ4v) is 2.49. The van der Waals surface area contributed by atoms with Crippen molar-refractivity contribution >= 4 is 17.7 Å². The van der Waals surface area contributed by atoms with Crippen molar-refractivity contribution < 1.29 is 4.79 Å². The Morgan fingerprint density at radius 1 is 1.79 bits per heavy atom. The molecule has 0 aromatic heterocycles. The van der Waals surface area contributed by atoms with Gasteiger partial charge in [-0.1, -0.05) is 6.08 Å². The number of hydrogen-bond acceptors (Lipinski definition) is 3. The zero-order chi connectivity index (χ0) is 10.4. The second kappa shape index (κ2) is 6.09. The molecule has 0 radical (unpaired) electrons. The maximum absolute atomic E-state index is 11.7. The highest BCUT2D eigenvalue weighted by atomic mass is 32.2. The van der Waals surface area contributed by atoms with Gasteiger partial charge in [0.1, 0.15) is 0 Å². The van der Waals surface area contributed by atoms with E-state index < -0.39 is 0 Å². The van der Waals surface area contributed by atoms with E-state index in [4.69, 9.17) is 0 Å². The standard InChI is InChI=1S/C10H18N2OS/c1-3-4-11-7-10(13)12-5-6-14-8-9(12)2/h3,9,11H,1,4-8H2,2H3. The molecule has 1 rings (SSSR count). The van der Waals surface area contributed by atoms with Gasteiger partial charge in [-0.25, -0.2) is 0 Å². The number of nitrogens with one attached hydrogen (secondary N) is 1. The van der Waals surface area contributed by atoms with Crippen LogP contribution in [0.25, 0.3) is 0 Å². The number of amides is 1. The lowest BCUT2D eigenvalue weighted by Gasteiger charge is -2.33. The Labute approximate surface area is 89.9 Å². The number of nitrogens with zero attached hydrogens (tertiary/aromatic N) is 1. The van der Waals surface area contributed by atoms with E-state index in [9.17, 15) is 4.79 Å². The molecule has 0 aromatic carbocycles. The average molecular weight is 214 g/mol. The van der Waals surface area contributed by atoms with Crippen LogP contribution in [-0.2, 0) is 4.79 Å². The molecule has 1 aliphatic heterocycles. The molecule has 1 heterocycles. The monoisotopic (exact) mass is 214 g/mol. The molecule has 0 spiro atoms. The lowest BCUT2D eigenvalue weighted by molar-refractivity contribution is -0.131. The van der Waals surface area contributed by atoms with Gasteiger partial charge in [-0.15, -0.1) is 6.58 Å². The molecule has 1 atom stereocenters. The Morgan fingerprint density at radius 2 is 2.57 bits per heavy atom. The Kier molecular flexibility index (Phi) is 5.04. The third kappa shape index (κ3) is 3.35. The molecule has 1 fully saturated rings. The molecule has 80 valence electrons. The van der Waals surface area contributed by atoms with Crippen LogP contribution < -0.4 is 5.32 Å². The minimum atomic E-state index is 0.208. The Bertz CT molecular complexity index is 208. The Hall–Kier alpha value is -0.480. The highest BCUT2D eigenvalue weighted by molar-refractivity contribution is 7.99. The number of carbonyl (C=O) groups is 1. The Balaban J connectivity index is 2.30. The maximum Gasteiger partial charge on any atom is 0.236 e. The first-order valence-corrected chi connectivity index (χ1v) is 6.10. The van der Waals surface area contributed by atoms with E-state index in [1.54, 1.807) is 6.08 Å². The van der Waals surface area contributed by atoms with Gasteiger partial charge in [0.2, 0.25) is 5.91 Å². The van der Waals surface area contributed by atoms with Crippen molar-refractivity contribution in [1.29, 1.82) is 0 Å². The van der Waals surface area contributed by atoms with E-state index >= 15 is 0 Å². The van der Waals surface area contributed by atoms with Crippen LogP contribution >= 0.6 is 11.8 Å². The van der Waals surface area contributed by atoms with Gasteiger partial charge in [-0.2, -0.15) is 11.8 Å². The van der Waals surface area contributed by atoms with Crippen LogP contribution in [0.4, 0.5) is 0 Å². The first kappa shape index (κ1) is 11.6. The van der Waals surface area contributed by atoms with Crippen LogP contribution in [0.15, 0.2) is 12.7 Å². The molecule has 0 aromatic rings. The summed E-state index contributed by atoms with van der Waals surface area (Å²) in [6, 6.07) is 0.381. The van der Waals surface area contributed by atoms with E-state index in [2.05, 4.69) is 18.8 Å². The molecular weight excluding hydrogens is 196 g/mol. The largest absolute Gasteiger partial charge is 0.337 e. The summed E-state index contributed by atoms with van der Waals surface area (Å²) in [4.78, 5) is 13.7. The molecule has 1 amide bonds. The van der Waals surface area contributed by atoms with Gasteiger partial charge in [0.25, 0.3) is 0 Å². The quantitative estimate of drug-likeness (QED) is 0.553. The topological polar surface area (TPSA) is 32.3 Å². The van der Waals surface area contributed by atoms with E-state index in [0.29, 0.717) is 19.1 Å². The van der Waals surface area contributed by atoms with Gasteiger partial charge < -0.3 is 10.2 Å². The van der Waals surface area contributed by atoms with E-state index in [1.165, 1.54) is 0 Å². The molecule has 1 aliphatic rings. The number of hydrogen-bond donors (Lipinski definition) is 1. The molecular formula is C10H18N2OS. The lowest BCUT2D eigenvalue weighted by Crippen LogP contribution is -2.47. The summed E-state index contributed by atoms with van der Waals surface area (Å²) in [6.07, 6.45) is 1.77. The molecule has 0 aliphatic carbocycles. The second-order valence-corrected chi connectivity index (χ2v) is 4.58. The number of thioether (sulfide) groups is 1. The number of rotatable bonds is 4. The summed E-state index contributed by atoms with van der Waals surface area (Å²) in [6.45, 7) is 7.72. The molecule has 3 nitrogen and oxygen atoms in total. The summed E-state index contributed by atoms with van der Waals surface area (Å²) in [5.41, 5.74) is 0. The van der Waals surface area contributed by atoms with Crippen molar-refractivity contribution in [3.8, 4) is 0 Å². The summed E-state index contributed by atoms with van der Waals surface area (Å²) in [7, 11) is 0. The highest BCUT2D eigenvalue weighted by Crippen LogP contribution is 2.15. The first-order chi connectivity index (χ1) is 6.75. The van der Waals surface area contributed by atoms with Crippen molar-refractivity contribution in [1.82, 2.24) is 10.2 Å². The third-order valence-electron chi connectivity index (χ3n) is 2.25. The number of carbonyl (C=O) groups excluding carboxylic acids is 1. The zero-order valence-electron chi connectivity index (χ0n) is 8.66. The minimum absolute atomic E-state index is 0.208. The van der Waals surface area contributed by atoms with Gasteiger partial charge in [-0.3, -0.25) is 4.79 Å². The van der Waals surface area contributed by atoms with Crippen LogP contribution in [0.3, 0.4) is 0 Å². The normalized spacial score (nSPS) is 22.1. The van der Waals surface area contributed by atoms with Crippen molar-refractivity contribution in [2.75, 3.05) is 31.1 Å². The lowest BCUT2D eigenvalue weighted by atomic mass is 10.3. The average Bonchev–Trinajstić information content (AvgIpc) is 2.18. The van der Waals surface area contributed by atoms with Gasteiger partial charge in [0.15, 0.2) is 0 Å². The predicted octanol–water partition coefficient (Wildman–Crippen LogP) is 0.726. The van der Waals surface area contributed by atoms with Crippen LogP contribution in [0.1, 0.15) is 6.92 Å². The third-order valence-corrected chi connectivity index (χ3v) is 3.44. The molecule has 4 heteroatoms. The summed E-state index contributed by atoms with van der Waals surface area (Å²) in [5, 5.41) is 3.04. The van der Waals surface area contributed by atoms with Crippen LogP contribution in [0.5, 0.6) is 0 Å². The minimum Gasteiger partial charge on any atom is -0.337 e. The van der Waals surface area contributed by atoms with E-state index in [1.807, 2.05) is 16.7 Å². The van der Waals surface area contributed by atoms with Gasteiger partial charge in [0, 0.05) is 30.6 Å². The van der Waals surface area contributed by atoms with Crippen molar-refractivity contribution in [2.45, 2.75) is 13.0 Å². The molecule has 1 N–H and O–H groups in total. The molecule has 1 saturated heterocycles. The second-order valence-electron chi connectivity index (χ2n) is 3.43. The fraction of sp³-hybridized carbons (Fsp3) is 0.700. The molecule has 0 saturated carbocycles. The Morgan fingerprint density at radius 3 is 3.21 bits per heavy atom. The smallest absolute Gasteiger partial charge is 0.236 e. The van der Waals surface area contributed by atoms with Crippen molar-refractivity contribution in [2.24, 2.45) is 0 Å². The highest BCUT2D eigenvalue weighted by Gasteiger charge is 2.22. The first-order valence-electron chi connectivity index (χ1n) is 4.94. The predicted molar refractivity (Wildman–Crippen MR) is 61.6 cm³/mol. The summed E-state index contributed by atoms with van der Waals surface area (Å²) in [5.74, 6) is 2.34. The molecule has 14 heavy (non-hydrogen) atoms. The van der Waals surface area contributed by atoms with Gasteiger partial charge in [-0.05, 0) is 6.92 Å². The molecule has 1 unspecified atom stereocenters. The van der Waals surface area contributed by atoms with E-state index in [0.717, 1.165) is 18.1 Å². The van der Waals surface area contributed by atoms with Gasteiger partial charge >= 0.3 is 0 Å². The van der Waals surface area contributed by atoms with Gasteiger partial charge in [0.05, 0.1) is 6.54 Å². The van der Waals surface area contributed by atoms with E-state index in [-0.39, 0.29) is 5.91 Å². The zero-order valence-corrected chi connectivity index (χ0v) is 9.48. The van der Waals surface area contributed by atoms with Crippen LogP contribution in [0, 0.1) is 0 Å². The van der Waals surface area contributed by atoms with Crippen molar-refractivity contribution in [3.05, 3.63) is 12.7 Å². The van der Waals surface area contributed by atoms with Crippen LogP contribution in [-0.4, -0.2) is 48.0 Å². The SMILES string of the molecule is C=CCNCC(=O)N1CCSCC1C. The maximum atomic E-state index is 11.7. The molecule has 0 bridgehead atoms.